The molecule has 2 N–H and O–H groups in total. The van der Waals surface area contributed by atoms with Crippen molar-refractivity contribution in [1.29, 1.82) is 0 Å². The van der Waals surface area contributed by atoms with Crippen molar-refractivity contribution >= 4 is 11.9 Å². The summed E-state index contributed by atoms with van der Waals surface area (Å²) in [6.45, 7) is 2.65. The summed E-state index contributed by atoms with van der Waals surface area (Å²) in [5.41, 5.74) is 0.650. The van der Waals surface area contributed by atoms with Gasteiger partial charge in [0.15, 0.2) is 0 Å². The second-order valence-corrected chi connectivity index (χ2v) is 6.61. The monoisotopic (exact) mass is 425 g/mol. The number of carboxylic acid groups (broad SMARTS) is 1. The number of carbonyl (C=O) groups is 2. The van der Waals surface area contributed by atoms with Crippen LogP contribution in [0.15, 0.2) is 46.8 Å². The van der Waals surface area contributed by atoms with E-state index >= 15 is 0 Å². The van der Waals surface area contributed by atoms with Crippen LogP contribution in [-0.4, -0.2) is 43.5 Å². The maximum absolute atomic E-state index is 12.9. The fourth-order valence-electron chi connectivity index (χ4n) is 3.30. The van der Waals surface area contributed by atoms with E-state index in [-0.39, 0.29) is 35.7 Å². The fourth-order valence-corrected chi connectivity index (χ4v) is 3.30. The van der Waals surface area contributed by atoms with Crippen LogP contribution in [0.1, 0.15) is 38.7 Å². The molecule has 0 bridgehead atoms. The molecule has 164 valence electrons. The average molecular weight is 425 g/mol. The minimum absolute atomic E-state index is 0.0128. The number of alkyl halides is 2. The third kappa shape index (κ3) is 5.56. The first-order valence-corrected chi connectivity index (χ1v) is 9.48. The highest BCUT2D eigenvalue weighted by atomic mass is 19.3. The largest absolute Gasteiger partial charge is 0.478 e. The SMILES string of the molecule is CCCOCCOC(=O)C1=C(C)NC(C)=C(C(=O)O)C1c1ccccc1OC(F)F. The van der Waals surface area contributed by atoms with E-state index in [1.165, 1.54) is 25.1 Å². The summed E-state index contributed by atoms with van der Waals surface area (Å²) in [4.78, 5) is 24.9. The van der Waals surface area contributed by atoms with Crippen LogP contribution in [0.2, 0.25) is 0 Å². The van der Waals surface area contributed by atoms with Gasteiger partial charge >= 0.3 is 18.6 Å². The second kappa shape index (κ2) is 10.7. The average Bonchev–Trinajstić information content (AvgIpc) is 2.66. The second-order valence-electron chi connectivity index (χ2n) is 6.61. The number of rotatable bonds is 10. The van der Waals surface area contributed by atoms with Crippen LogP contribution < -0.4 is 10.1 Å². The van der Waals surface area contributed by atoms with E-state index in [1.807, 2.05) is 6.92 Å². The molecule has 1 atom stereocenters. The van der Waals surface area contributed by atoms with Crippen LogP contribution in [-0.2, 0) is 19.1 Å². The quantitative estimate of drug-likeness (QED) is 0.437. The summed E-state index contributed by atoms with van der Waals surface area (Å²) in [6.07, 6.45) is 0.817. The van der Waals surface area contributed by atoms with E-state index in [9.17, 15) is 23.5 Å². The number of carboxylic acids is 1. The number of para-hydroxylation sites is 1. The van der Waals surface area contributed by atoms with Gasteiger partial charge in [0, 0.05) is 23.6 Å². The maximum Gasteiger partial charge on any atom is 0.387 e. The standard InChI is InChI=1S/C21H25F2NO6/c1-4-9-28-10-11-29-20(27)17-13(3)24-12(2)16(19(25)26)18(17)14-7-5-6-8-15(14)30-21(22)23/h5-8,18,21,24H,4,9-11H2,1-3H3,(H,25,26). The molecule has 0 radical (unpaired) electrons. The molecule has 0 saturated carbocycles. The van der Waals surface area contributed by atoms with Crippen molar-refractivity contribution in [3.63, 3.8) is 0 Å². The highest BCUT2D eigenvalue weighted by Gasteiger charge is 2.38. The van der Waals surface area contributed by atoms with Crippen LogP contribution in [0.4, 0.5) is 8.78 Å². The van der Waals surface area contributed by atoms with E-state index in [1.54, 1.807) is 13.0 Å². The van der Waals surface area contributed by atoms with Crippen LogP contribution in [0.3, 0.4) is 0 Å². The van der Waals surface area contributed by atoms with E-state index in [0.29, 0.717) is 18.0 Å². The molecule has 0 aromatic heterocycles. The molecular weight excluding hydrogens is 400 g/mol. The summed E-state index contributed by atoms with van der Waals surface area (Å²) < 4.78 is 41.0. The predicted molar refractivity (Wildman–Crippen MR) is 104 cm³/mol. The Balaban J connectivity index is 2.46. The van der Waals surface area contributed by atoms with E-state index in [2.05, 4.69) is 10.1 Å². The van der Waals surface area contributed by atoms with Gasteiger partial charge in [-0.1, -0.05) is 25.1 Å². The lowest BCUT2D eigenvalue weighted by molar-refractivity contribution is -0.141. The molecular formula is C21H25F2NO6. The van der Waals surface area contributed by atoms with E-state index in [4.69, 9.17) is 9.47 Å². The Kier molecular flexibility index (Phi) is 8.35. The minimum atomic E-state index is -3.11. The van der Waals surface area contributed by atoms with Crippen LogP contribution in [0.25, 0.3) is 0 Å². The summed E-state index contributed by atoms with van der Waals surface area (Å²) in [5.74, 6) is -3.41. The first kappa shape index (κ1) is 23.3. The first-order chi connectivity index (χ1) is 14.3. The first-order valence-electron chi connectivity index (χ1n) is 9.48. The Hall–Kier alpha value is -2.94. The van der Waals surface area contributed by atoms with Gasteiger partial charge in [0.25, 0.3) is 0 Å². The van der Waals surface area contributed by atoms with Crippen LogP contribution >= 0.6 is 0 Å². The Bertz CT molecular complexity index is 850. The fraction of sp³-hybridized carbons (Fsp3) is 0.429. The smallest absolute Gasteiger partial charge is 0.387 e. The Morgan fingerprint density at radius 1 is 1.10 bits per heavy atom. The summed E-state index contributed by atoms with van der Waals surface area (Å²) in [5, 5.41) is 12.7. The molecule has 0 spiro atoms. The van der Waals surface area contributed by atoms with Gasteiger partial charge in [-0.3, -0.25) is 0 Å². The van der Waals surface area contributed by atoms with Crippen molar-refractivity contribution in [3.8, 4) is 5.75 Å². The molecule has 2 rings (SSSR count). The van der Waals surface area contributed by atoms with Gasteiger partial charge < -0.3 is 24.6 Å². The molecule has 0 amide bonds. The number of hydrogen-bond acceptors (Lipinski definition) is 6. The zero-order valence-electron chi connectivity index (χ0n) is 17.0. The van der Waals surface area contributed by atoms with Gasteiger partial charge in [-0.25, -0.2) is 9.59 Å². The number of carbonyl (C=O) groups excluding carboxylic acids is 1. The summed E-state index contributed by atoms with van der Waals surface area (Å²) in [6, 6.07) is 5.80. The number of allylic oxidation sites excluding steroid dienone is 2. The molecule has 1 unspecified atom stereocenters. The molecule has 1 aromatic carbocycles. The van der Waals surface area contributed by atoms with Crippen molar-refractivity contribution in [2.75, 3.05) is 19.8 Å². The van der Waals surface area contributed by atoms with Gasteiger partial charge in [0.1, 0.15) is 12.4 Å². The molecule has 7 nitrogen and oxygen atoms in total. The van der Waals surface area contributed by atoms with Crippen molar-refractivity contribution in [2.45, 2.75) is 39.7 Å². The number of halogens is 2. The number of esters is 1. The lowest BCUT2D eigenvalue weighted by atomic mass is 9.80. The summed E-state index contributed by atoms with van der Waals surface area (Å²) >= 11 is 0. The van der Waals surface area contributed by atoms with Gasteiger partial charge in [0.2, 0.25) is 0 Å². The van der Waals surface area contributed by atoms with Crippen molar-refractivity contribution in [1.82, 2.24) is 5.32 Å². The molecule has 0 aliphatic carbocycles. The Morgan fingerprint density at radius 3 is 2.40 bits per heavy atom. The maximum atomic E-state index is 12.9. The third-order valence-corrected chi connectivity index (χ3v) is 4.47. The minimum Gasteiger partial charge on any atom is -0.478 e. The normalized spacial score (nSPS) is 16.5. The number of aliphatic carboxylic acids is 1. The summed E-state index contributed by atoms with van der Waals surface area (Å²) in [7, 11) is 0. The zero-order valence-corrected chi connectivity index (χ0v) is 17.0. The van der Waals surface area contributed by atoms with E-state index < -0.39 is 24.5 Å². The molecule has 1 aromatic rings. The lowest BCUT2D eigenvalue weighted by Crippen LogP contribution is -2.32. The molecule has 9 heteroatoms. The predicted octanol–water partition coefficient (Wildman–Crippen LogP) is 3.58. The Labute approximate surface area is 173 Å². The van der Waals surface area contributed by atoms with Crippen LogP contribution in [0.5, 0.6) is 5.75 Å². The van der Waals surface area contributed by atoms with Gasteiger partial charge in [-0.15, -0.1) is 0 Å². The Morgan fingerprint density at radius 2 is 1.77 bits per heavy atom. The molecule has 1 heterocycles. The molecule has 0 saturated heterocycles. The van der Waals surface area contributed by atoms with Crippen LogP contribution in [0, 0.1) is 0 Å². The number of hydrogen-bond donors (Lipinski definition) is 2. The van der Waals surface area contributed by atoms with Crippen molar-refractivity contribution in [2.24, 2.45) is 0 Å². The number of ether oxygens (including phenoxy) is 3. The van der Waals surface area contributed by atoms with Gasteiger partial charge in [-0.05, 0) is 26.3 Å². The third-order valence-electron chi connectivity index (χ3n) is 4.47. The zero-order chi connectivity index (χ0) is 22.3. The van der Waals surface area contributed by atoms with Crippen molar-refractivity contribution in [3.05, 3.63) is 52.4 Å². The highest BCUT2D eigenvalue weighted by molar-refractivity contribution is 5.99. The molecule has 30 heavy (non-hydrogen) atoms. The number of benzene rings is 1. The van der Waals surface area contributed by atoms with Gasteiger partial charge in [-0.2, -0.15) is 8.78 Å². The number of dihydropyridines is 1. The number of nitrogens with one attached hydrogen (secondary N) is 1. The highest BCUT2D eigenvalue weighted by Crippen LogP contribution is 2.42. The molecule has 0 fully saturated rings. The van der Waals surface area contributed by atoms with E-state index in [0.717, 1.165) is 6.42 Å². The molecule has 1 aliphatic rings. The molecule has 1 aliphatic heterocycles. The topological polar surface area (TPSA) is 94.1 Å². The van der Waals surface area contributed by atoms with Gasteiger partial charge in [0.05, 0.1) is 23.7 Å². The lowest BCUT2D eigenvalue weighted by Gasteiger charge is -2.30. The van der Waals surface area contributed by atoms with Crippen molar-refractivity contribution < 1.29 is 37.7 Å².